The SMILES string of the molecule is O=C(O)C(c1ccccc1)N(Cc1ccccc1)[N+](=O)[O-]. The van der Waals surface area contributed by atoms with Crippen LogP contribution < -0.4 is 0 Å². The van der Waals surface area contributed by atoms with E-state index in [1.165, 1.54) is 0 Å². The molecule has 0 aliphatic rings. The summed E-state index contributed by atoms with van der Waals surface area (Å²) in [6.07, 6.45) is 0. The lowest BCUT2D eigenvalue weighted by atomic mass is 10.1. The van der Waals surface area contributed by atoms with Crippen molar-refractivity contribution in [2.45, 2.75) is 12.6 Å². The quantitative estimate of drug-likeness (QED) is 0.651. The van der Waals surface area contributed by atoms with E-state index in [1.54, 1.807) is 60.7 Å². The molecule has 0 saturated heterocycles. The second-order valence-corrected chi connectivity index (χ2v) is 4.47. The topological polar surface area (TPSA) is 83.7 Å². The number of hydrogen-bond acceptors (Lipinski definition) is 3. The zero-order chi connectivity index (χ0) is 15.2. The Morgan fingerprint density at radius 2 is 1.62 bits per heavy atom. The third kappa shape index (κ3) is 3.56. The maximum atomic E-state index is 11.5. The Labute approximate surface area is 121 Å². The number of nitrogens with zero attached hydrogens (tertiary/aromatic N) is 2. The zero-order valence-corrected chi connectivity index (χ0v) is 11.1. The van der Waals surface area contributed by atoms with Gasteiger partial charge in [-0.1, -0.05) is 60.7 Å². The molecule has 0 aromatic heterocycles. The van der Waals surface area contributed by atoms with E-state index in [4.69, 9.17) is 0 Å². The molecule has 0 aliphatic carbocycles. The van der Waals surface area contributed by atoms with E-state index in [9.17, 15) is 20.0 Å². The van der Waals surface area contributed by atoms with E-state index in [0.717, 1.165) is 5.01 Å². The van der Waals surface area contributed by atoms with Gasteiger partial charge in [0.15, 0.2) is 5.03 Å². The lowest BCUT2D eigenvalue weighted by molar-refractivity contribution is -0.667. The molecule has 0 bridgehead atoms. The van der Waals surface area contributed by atoms with Crippen molar-refractivity contribution < 1.29 is 14.9 Å². The fourth-order valence-electron chi connectivity index (χ4n) is 2.09. The summed E-state index contributed by atoms with van der Waals surface area (Å²) in [5.41, 5.74) is 1.05. The van der Waals surface area contributed by atoms with Gasteiger partial charge in [-0.2, -0.15) is 0 Å². The first-order valence-electron chi connectivity index (χ1n) is 6.32. The normalized spacial score (nSPS) is 11.6. The van der Waals surface area contributed by atoms with Crippen LogP contribution in [0.3, 0.4) is 0 Å². The molecule has 1 unspecified atom stereocenters. The van der Waals surface area contributed by atoms with E-state index < -0.39 is 17.0 Å². The molecule has 0 heterocycles. The standard InChI is InChI=1S/C15H14N2O4/c18-15(19)14(13-9-5-2-6-10-13)16(17(20)21)11-12-7-3-1-4-8-12/h1-10,14H,11H2,(H,18,19). The van der Waals surface area contributed by atoms with Gasteiger partial charge < -0.3 is 5.11 Å². The molecule has 21 heavy (non-hydrogen) atoms. The van der Waals surface area contributed by atoms with Crippen LogP contribution in [0.5, 0.6) is 0 Å². The van der Waals surface area contributed by atoms with Crippen LogP contribution >= 0.6 is 0 Å². The van der Waals surface area contributed by atoms with Gasteiger partial charge in [0, 0.05) is 0 Å². The van der Waals surface area contributed by atoms with Gasteiger partial charge >= 0.3 is 5.97 Å². The molecule has 0 spiro atoms. The van der Waals surface area contributed by atoms with E-state index in [0.29, 0.717) is 11.1 Å². The summed E-state index contributed by atoms with van der Waals surface area (Å²) in [6.45, 7) is -0.0836. The number of carboxylic acids is 1. The Kier molecular flexibility index (Phi) is 4.50. The first-order valence-corrected chi connectivity index (χ1v) is 6.32. The van der Waals surface area contributed by atoms with Crippen molar-refractivity contribution in [2.75, 3.05) is 0 Å². The summed E-state index contributed by atoms with van der Waals surface area (Å²) in [7, 11) is 0. The predicted molar refractivity (Wildman–Crippen MR) is 75.8 cm³/mol. The lowest BCUT2D eigenvalue weighted by Crippen LogP contribution is -2.38. The predicted octanol–water partition coefficient (Wildman–Crippen LogP) is 2.51. The van der Waals surface area contributed by atoms with Crippen LogP contribution in [0.4, 0.5) is 0 Å². The minimum absolute atomic E-state index is 0.0836. The molecule has 6 nitrogen and oxygen atoms in total. The minimum Gasteiger partial charge on any atom is -0.479 e. The number of hydrogen-bond donors (Lipinski definition) is 1. The summed E-state index contributed by atoms with van der Waals surface area (Å²) in [5.74, 6) is -1.26. The Bertz CT molecular complexity index is 616. The molecule has 0 amide bonds. The number of carboxylic acid groups (broad SMARTS) is 1. The van der Waals surface area contributed by atoms with E-state index in [-0.39, 0.29) is 6.54 Å². The van der Waals surface area contributed by atoms with Gasteiger partial charge in [0.2, 0.25) is 6.04 Å². The van der Waals surface area contributed by atoms with Crippen LogP contribution in [0, 0.1) is 10.1 Å². The largest absolute Gasteiger partial charge is 0.479 e. The number of carbonyl (C=O) groups is 1. The molecule has 108 valence electrons. The highest BCUT2D eigenvalue weighted by Gasteiger charge is 2.34. The Morgan fingerprint density at radius 1 is 1.10 bits per heavy atom. The highest BCUT2D eigenvalue weighted by molar-refractivity contribution is 5.75. The first-order chi connectivity index (χ1) is 10.1. The Hall–Kier alpha value is -2.89. The van der Waals surface area contributed by atoms with Crippen molar-refractivity contribution in [3.05, 3.63) is 81.9 Å². The molecule has 0 aliphatic heterocycles. The van der Waals surface area contributed by atoms with E-state index in [2.05, 4.69) is 0 Å². The lowest BCUT2D eigenvalue weighted by Gasteiger charge is -2.21. The van der Waals surface area contributed by atoms with Crippen molar-refractivity contribution in [1.29, 1.82) is 0 Å². The van der Waals surface area contributed by atoms with Gasteiger partial charge in [-0.25, -0.2) is 14.9 Å². The molecule has 1 N–H and O–H groups in total. The summed E-state index contributed by atoms with van der Waals surface area (Å²) in [4.78, 5) is 22.8. The minimum atomic E-state index is -1.33. The van der Waals surface area contributed by atoms with Gasteiger partial charge in [-0.3, -0.25) is 0 Å². The maximum Gasteiger partial charge on any atom is 0.337 e. The van der Waals surface area contributed by atoms with Crippen molar-refractivity contribution in [1.82, 2.24) is 5.01 Å². The van der Waals surface area contributed by atoms with Gasteiger partial charge in [0.25, 0.3) is 0 Å². The smallest absolute Gasteiger partial charge is 0.337 e. The number of hydrazine groups is 1. The third-order valence-corrected chi connectivity index (χ3v) is 3.04. The summed E-state index contributed by atoms with van der Waals surface area (Å²) in [5, 5.41) is 20.7. The fourth-order valence-corrected chi connectivity index (χ4v) is 2.09. The molecule has 0 radical (unpaired) electrons. The van der Waals surface area contributed by atoms with Crippen LogP contribution in [0.25, 0.3) is 0 Å². The van der Waals surface area contributed by atoms with E-state index >= 15 is 0 Å². The molecule has 1 atom stereocenters. The van der Waals surface area contributed by atoms with Crippen LogP contribution in [0.15, 0.2) is 60.7 Å². The Morgan fingerprint density at radius 3 is 2.10 bits per heavy atom. The maximum absolute atomic E-state index is 11.5. The molecular formula is C15H14N2O4. The molecule has 2 aromatic rings. The number of rotatable bonds is 6. The fraction of sp³-hybridized carbons (Fsp3) is 0.133. The molecule has 6 heteroatoms. The van der Waals surface area contributed by atoms with Crippen molar-refractivity contribution in [3.8, 4) is 0 Å². The zero-order valence-electron chi connectivity index (χ0n) is 11.1. The van der Waals surface area contributed by atoms with Gasteiger partial charge in [-0.05, 0) is 11.1 Å². The first kappa shape index (κ1) is 14.5. The van der Waals surface area contributed by atoms with Crippen LogP contribution in [-0.4, -0.2) is 21.1 Å². The van der Waals surface area contributed by atoms with Crippen LogP contribution in [0.2, 0.25) is 0 Å². The highest BCUT2D eigenvalue weighted by Crippen LogP contribution is 2.23. The number of aliphatic carboxylic acids is 1. The van der Waals surface area contributed by atoms with Gasteiger partial charge in [-0.15, -0.1) is 5.01 Å². The van der Waals surface area contributed by atoms with E-state index in [1.807, 2.05) is 0 Å². The molecule has 2 aromatic carbocycles. The van der Waals surface area contributed by atoms with Crippen LogP contribution in [-0.2, 0) is 11.3 Å². The molecule has 0 saturated carbocycles. The van der Waals surface area contributed by atoms with Gasteiger partial charge in [0.1, 0.15) is 6.54 Å². The summed E-state index contributed by atoms with van der Waals surface area (Å²) < 4.78 is 0. The monoisotopic (exact) mass is 286 g/mol. The van der Waals surface area contributed by atoms with Crippen LogP contribution in [0.1, 0.15) is 17.2 Å². The number of nitro groups is 1. The third-order valence-electron chi connectivity index (χ3n) is 3.04. The molecular weight excluding hydrogens is 272 g/mol. The Balaban J connectivity index is 2.34. The average Bonchev–Trinajstić information content (AvgIpc) is 2.48. The van der Waals surface area contributed by atoms with Crippen molar-refractivity contribution in [3.63, 3.8) is 0 Å². The van der Waals surface area contributed by atoms with Crippen molar-refractivity contribution in [2.24, 2.45) is 0 Å². The van der Waals surface area contributed by atoms with Crippen molar-refractivity contribution >= 4 is 5.97 Å². The highest BCUT2D eigenvalue weighted by atomic mass is 16.7. The summed E-state index contributed by atoms with van der Waals surface area (Å²) in [6, 6.07) is 15.6. The van der Waals surface area contributed by atoms with Gasteiger partial charge in [0.05, 0.1) is 0 Å². The second kappa shape index (κ2) is 6.51. The molecule has 2 rings (SSSR count). The molecule has 0 fully saturated rings. The second-order valence-electron chi connectivity index (χ2n) is 4.47. The number of benzene rings is 2. The summed E-state index contributed by atoms with van der Waals surface area (Å²) >= 11 is 0. The average molecular weight is 286 g/mol.